The molecule has 0 N–H and O–H groups in total. The Morgan fingerprint density at radius 3 is 2.70 bits per heavy atom. The van der Waals surface area contributed by atoms with E-state index in [0.29, 0.717) is 0 Å². The van der Waals surface area contributed by atoms with Gasteiger partial charge in [-0.3, -0.25) is 14.5 Å². The summed E-state index contributed by atoms with van der Waals surface area (Å²) in [5, 5.41) is 0. The fourth-order valence-electron chi connectivity index (χ4n) is 2.58. The number of hydrogen-bond donors (Lipinski definition) is 0. The molecular formula is C14H12FNO4. The van der Waals surface area contributed by atoms with E-state index in [9.17, 15) is 18.8 Å². The topological polar surface area (TPSA) is 63.7 Å². The number of ketones is 1. The average Bonchev–Trinajstić information content (AvgIpc) is 3.23. The molecule has 20 heavy (non-hydrogen) atoms. The summed E-state index contributed by atoms with van der Waals surface area (Å²) >= 11 is 0. The largest absolute Gasteiger partial charge is 0.467 e. The van der Waals surface area contributed by atoms with Crippen molar-refractivity contribution in [3.63, 3.8) is 0 Å². The van der Waals surface area contributed by atoms with E-state index in [2.05, 4.69) is 0 Å². The molecule has 1 aliphatic heterocycles. The summed E-state index contributed by atoms with van der Waals surface area (Å²) in [7, 11) is 1.21. The van der Waals surface area contributed by atoms with Crippen molar-refractivity contribution in [3.05, 3.63) is 29.6 Å². The van der Waals surface area contributed by atoms with Gasteiger partial charge in [-0.15, -0.1) is 0 Å². The average molecular weight is 277 g/mol. The highest BCUT2D eigenvalue weighted by Crippen LogP contribution is 2.42. The van der Waals surface area contributed by atoms with Gasteiger partial charge in [0.15, 0.2) is 0 Å². The minimum atomic E-state index is -0.922. The Bertz CT molecular complexity index is 624. The van der Waals surface area contributed by atoms with Crippen LogP contribution >= 0.6 is 0 Å². The van der Waals surface area contributed by atoms with Crippen molar-refractivity contribution in [1.29, 1.82) is 0 Å². The fraction of sp³-hybridized carbons (Fsp3) is 0.357. The molecule has 1 aromatic carbocycles. The first kappa shape index (κ1) is 12.8. The van der Waals surface area contributed by atoms with Crippen molar-refractivity contribution in [2.75, 3.05) is 12.0 Å². The predicted octanol–water partition coefficient (Wildman–Crippen LogP) is 1.31. The summed E-state index contributed by atoms with van der Waals surface area (Å²) in [5.41, 5.74) is -0.102. The lowest BCUT2D eigenvalue weighted by molar-refractivity contribution is -0.143. The standard InChI is InChI=1S/C14H12FNO4/c1-20-14(19)10(7-5-6-7)16-11-8(12(17)13(16)18)3-2-4-9(11)15/h2-4,7,10H,5-6H2,1H3. The van der Waals surface area contributed by atoms with Gasteiger partial charge in [-0.1, -0.05) is 6.07 Å². The summed E-state index contributed by atoms with van der Waals surface area (Å²) in [6, 6.07) is 3.00. The highest BCUT2D eigenvalue weighted by Gasteiger charge is 2.50. The molecule has 5 nitrogen and oxygen atoms in total. The first-order valence-electron chi connectivity index (χ1n) is 6.30. The number of hydrogen-bond acceptors (Lipinski definition) is 4. The number of methoxy groups -OCH3 is 1. The first-order chi connectivity index (χ1) is 9.56. The zero-order chi connectivity index (χ0) is 14.4. The van der Waals surface area contributed by atoms with Gasteiger partial charge >= 0.3 is 5.97 Å². The van der Waals surface area contributed by atoms with Crippen LogP contribution in [0.2, 0.25) is 0 Å². The van der Waals surface area contributed by atoms with Crippen LogP contribution in [0.15, 0.2) is 18.2 Å². The van der Waals surface area contributed by atoms with Gasteiger partial charge in [0.25, 0.3) is 11.7 Å². The highest BCUT2D eigenvalue weighted by atomic mass is 19.1. The second kappa shape index (κ2) is 4.40. The predicted molar refractivity (Wildman–Crippen MR) is 66.7 cm³/mol. The molecule has 1 saturated carbocycles. The summed E-state index contributed by atoms with van der Waals surface area (Å²) < 4.78 is 18.7. The molecule has 0 spiro atoms. The van der Waals surface area contributed by atoms with Gasteiger partial charge in [-0.2, -0.15) is 0 Å². The number of esters is 1. The van der Waals surface area contributed by atoms with Crippen molar-refractivity contribution < 1.29 is 23.5 Å². The zero-order valence-electron chi connectivity index (χ0n) is 10.8. The lowest BCUT2D eigenvalue weighted by atomic mass is 10.1. The number of ether oxygens (including phenoxy) is 1. The molecule has 1 atom stereocenters. The van der Waals surface area contributed by atoms with Crippen LogP contribution in [0.25, 0.3) is 0 Å². The molecule has 3 rings (SSSR count). The smallest absolute Gasteiger partial charge is 0.329 e. The maximum absolute atomic E-state index is 14.0. The second-order valence-electron chi connectivity index (χ2n) is 4.95. The molecule has 1 heterocycles. The Labute approximate surface area is 114 Å². The Balaban J connectivity index is 2.12. The van der Waals surface area contributed by atoms with Crippen LogP contribution in [0.1, 0.15) is 23.2 Å². The lowest BCUT2D eigenvalue weighted by Crippen LogP contribution is -2.46. The molecule has 2 aliphatic rings. The molecule has 0 radical (unpaired) electrons. The van der Waals surface area contributed by atoms with E-state index < -0.39 is 29.5 Å². The van der Waals surface area contributed by atoms with E-state index in [-0.39, 0.29) is 17.2 Å². The summed E-state index contributed by atoms with van der Waals surface area (Å²) in [6.45, 7) is 0. The molecule has 1 aromatic rings. The van der Waals surface area contributed by atoms with Crippen LogP contribution in [0.3, 0.4) is 0 Å². The number of carbonyl (C=O) groups excluding carboxylic acids is 3. The van der Waals surface area contributed by atoms with Crippen LogP contribution in [-0.4, -0.2) is 30.8 Å². The van der Waals surface area contributed by atoms with Gasteiger partial charge < -0.3 is 4.74 Å². The highest BCUT2D eigenvalue weighted by molar-refractivity contribution is 6.52. The van der Waals surface area contributed by atoms with Gasteiger partial charge in [-0.05, 0) is 30.9 Å². The normalized spacial score (nSPS) is 19.0. The second-order valence-corrected chi connectivity index (χ2v) is 4.95. The van der Waals surface area contributed by atoms with E-state index in [0.717, 1.165) is 17.7 Å². The van der Waals surface area contributed by atoms with Crippen molar-refractivity contribution in [2.45, 2.75) is 18.9 Å². The Kier molecular flexibility index (Phi) is 2.81. The van der Waals surface area contributed by atoms with Gasteiger partial charge in [0.05, 0.1) is 18.4 Å². The SMILES string of the molecule is COC(=O)C(C1CC1)N1C(=O)C(=O)c2cccc(F)c21. The minimum Gasteiger partial charge on any atom is -0.467 e. The molecule has 6 heteroatoms. The van der Waals surface area contributed by atoms with Crippen LogP contribution in [0.4, 0.5) is 10.1 Å². The van der Waals surface area contributed by atoms with Gasteiger partial charge in [0.1, 0.15) is 11.9 Å². The van der Waals surface area contributed by atoms with Crippen molar-refractivity contribution in [1.82, 2.24) is 0 Å². The maximum Gasteiger partial charge on any atom is 0.329 e. The molecule has 1 aliphatic carbocycles. The van der Waals surface area contributed by atoms with Crippen molar-refractivity contribution in [3.8, 4) is 0 Å². The number of anilines is 1. The molecular weight excluding hydrogens is 265 g/mol. The van der Waals surface area contributed by atoms with E-state index in [1.54, 1.807) is 0 Å². The maximum atomic E-state index is 14.0. The van der Waals surface area contributed by atoms with Crippen molar-refractivity contribution >= 4 is 23.3 Å². The van der Waals surface area contributed by atoms with Crippen LogP contribution < -0.4 is 4.90 Å². The molecule has 0 aromatic heterocycles. The molecule has 1 fully saturated rings. The number of benzene rings is 1. The van der Waals surface area contributed by atoms with E-state index in [4.69, 9.17) is 4.74 Å². The first-order valence-corrected chi connectivity index (χ1v) is 6.30. The molecule has 1 unspecified atom stereocenters. The quantitative estimate of drug-likeness (QED) is 0.617. The Hall–Kier alpha value is -2.24. The van der Waals surface area contributed by atoms with Crippen LogP contribution in [0, 0.1) is 11.7 Å². The van der Waals surface area contributed by atoms with E-state index in [1.807, 2.05) is 0 Å². The molecule has 104 valence electrons. The summed E-state index contributed by atoms with van der Waals surface area (Å²) in [6.07, 6.45) is 1.50. The van der Waals surface area contributed by atoms with Crippen molar-refractivity contribution in [2.24, 2.45) is 5.92 Å². The number of para-hydroxylation sites is 1. The monoisotopic (exact) mass is 277 g/mol. The number of rotatable bonds is 3. The number of halogens is 1. The third-order valence-electron chi connectivity index (χ3n) is 3.67. The lowest BCUT2D eigenvalue weighted by Gasteiger charge is -2.25. The Morgan fingerprint density at radius 1 is 1.40 bits per heavy atom. The number of carbonyl (C=O) groups is 3. The van der Waals surface area contributed by atoms with Crippen LogP contribution in [0.5, 0.6) is 0 Å². The Morgan fingerprint density at radius 2 is 2.10 bits per heavy atom. The third kappa shape index (κ3) is 1.71. The third-order valence-corrected chi connectivity index (χ3v) is 3.67. The molecule has 0 bridgehead atoms. The number of amides is 1. The number of fused-ring (bicyclic) bond motifs is 1. The van der Waals surface area contributed by atoms with Crippen LogP contribution in [-0.2, 0) is 14.3 Å². The van der Waals surface area contributed by atoms with Gasteiger partial charge in [0.2, 0.25) is 0 Å². The summed E-state index contributed by atoms with van der Waals surface area (Å²) in [4.78, 5) is 36.9. The number of Topliss-reactive ketones (excluding diaryl/α,β-unsaturated/α-hetero) is 1. The summed E-state index contributed by atoms with van der Waals surface area (Å²) in [5.74, 6) is -3.03. The number of nitrogens with zero attached hydrogens (tertiary/aromatic N) is 1. The van der Waals surface area contributed by atoms with Gasteiger partial charge in [0, 0.05) is 0 Å². The molecule has 1 amide bonds. The molecule has 0 saturated heterocycles. The minimum absolute atomic E-state index is 0.00422. The zero-order valence-corrected chi connectivity index (χ0v) is 10.8. The van der Waals surface area contributed by atoms with E-state index >= 15 is 0 Å². The fourth-order valence-corrected chi connectivity index (χ4v) is 2.58. The van der Waals surface area contributed by atoms with E-state index in [1.165, 1.54) is 25.3 Å². The van der Waals surface area contributed by atoms with Gasteiger partial charge in [-0.25, -0.2) is 9.18 Å².